The van der Waals surface area contributed by atoms with E-state index in [0.717, 1.165) is 13.0 Å². The quantitative estimate of drug-likeness (QED) is 0.345. The van der Waals surface area contributed by atoms with Crippen LogP contribution in [-0.2, 0) is 0 Å². The molecule has 0 aromatic carbocycles. The van der Waals surface area contributed by atoms with Crippen LogP contribution in [0.5, 0.6) is 0 Å². The van der Waals surface area contributed by atoms with E-state index in [0.29, 0.717) is 0 Å². The van der Waals surface area contributed by atoms with Gasteiger partial charge in [-0.1, -0.05) is 6.92 Å². The topological polar surface area (TPSA) is 39.5 Å². The first-order chi connectivity index (χ1) is 4.35. The Morgan fingerprint density at radius 3 is 2.67 bits per heavy atom. The van der Waals surface area contributed by atoms with E-state index >= 15 is 0 Å². The zero-order valence-corrected chi connectivity index (χ0v) is 5.96. The minimum atomic E-state index is 0.827. The molecule has 0 aliphatic heterocycles. The summed E-state index contributed by atoms with van der Waals surface area (Å²) >= 11 is 0. The zero-order valence-electron chi connectivity index (χ0n) is 5.96. The molecule has 0 fully saturated rings. The van der Waals surface area contributed by atoms with Crippen molar-refractivity contribution in [2.45, 2.75) is 20.3 Å². The third kappa shape index (κ3) is 3.70. The number of nitrogens with zero attached hydrogens (tertiary/aromatic N) is 2. The molecule has 0 unspecified atom stereocenters. The predicted octanol–water partition coefficient (Wildman–Crippen LogP) is 1.31. The van der Waals surface area contributed by atoms with Crippen LogP contribution in [0.15, 0.2) is 5.10 Å². The Kier molecular flexibility index (Phi) is 4.78. The second-order valence-electron chi connectivity index (χ2n) is 1.67. The van der Waals surface area contributed by atoms with Gasteiger partial charge in [0.25, 0.3) is 0 Å². The second kappa shape index (κ2) is 5.28. The van der Waals surface area contributed by atoms with Gasteiger partial charge in [-0.3, -0.25) is 10.4 Å². The summed E-state index contributed by atoms with van der Waals surface area (Å²) in [6.07, 6.45) is 3.93. The van der Waals surface area contributed by atoms with Crippen LogP contribution in [0.2, 0.25) is 0 Å². The minimum absolute atomic E-state index is 0.827. The number of hydrogen-bond acceptors (Lipinski definition) is 2. The number of nitrogens with one attached hydrogen (secondary N) is 1. The SMILES string of the molecule is C/C=N\N(C=N)CCC. The Morgan fingerprint density at radius 1 is 1.67 bits per heavy atom. The van der Waals surface area contributed by atoms with Crippen molar-refractivity contribution in [3.8, 4) is 0 Å². The molecule has 0 radical (unpaired) electrons. The van der Waals surface area contributed by atoms with Crippen molar-refractivity contribution < 1.29 is 0 Å². The average molecular weight is 127 g/mol. The van der Waals surface area contributed by atoms with Gasteiger partial charge in [-0.2, -0.15) is 5.10 Å². The van der Waals surface area contributed by atoms with Crippen molar-refractivity contribution in [1.29, 1.82) is 5.41 Å². The van der Waals surface area contributed by atoms with Gasteiger partial charge in [0.05, 0.1) is 0 Å². The first-order valence-electron chi connectivity index (χ1n) is 3.11. The molecular formula is C6H13N3. The highest BCUT2D eigenvalue weighted by Crippen LogP contribution is 1.85. The van der Waals surface area contributed by atoms with Gasteiger partial charge in [0.1, 0.15) is 6.34 Å². The van der Waals surface area contributed by atoms with Gasteiger partial charge in [-0.25, -0.2) is 0 Å². The minimum Gasteiger partial charge on any atom is -0.290 e. The van der Waals surface area contributed by atoms with E-state index in [1.165, 1.54) is 6.34 Å². The van der Waals surface area contributed by atoms with E-state index in [1.54, 1.807) is 11.2 Å². The molecule has 0 aromatic rings. The molecule has 0 bridgehead atoms. The van der Waals surface area contributed by atoms with E-state index in [4.69, 9.17) is 5.41 Å². The molecular weight excluding hydrogens is 114 g/mol. The Labute approximate surface area is 55.9 Å². The summed E-state index contributed by atoms with van der Waals surface area (Å²) in [6, 6.07) is 0. The highest BCUT2D eigenvalue weighted by Gasteiger charge is 1.88. The van der Waals surface area contributed by atoms with Crippen LogP contribution >= 0.6 is 0 Å². The summed E-state index contributed by atoms with van der Waals surface area (Å²) in [7, 11) is 0. The van der Waals surface area contributed by atoms with E-state index in [1.807, 2.05) is 6.92 Å². The fourth-order valence-corrected chi connectivity index (χ4v) is 0.533. The molecule has 3 nitrogen and oxygen atoms in total. The van der Waals surface area contributed by atoms with E-state index in [9.17, 15) is 0 Å². The third-order valence-electron chi connectivity index (χ3n) is 0.866. The molecule has 1 N–H and O–H groups in total. The molecule has 9 heavy (non-hydrogen) atoms. The van der Waals surface area contributed by atoms with Crippen molar-refractivity contribution in [1.82, 2.24) is 5.01 Å². The summed E-state index contributed by atoms with van der Waals surface area (Å²) in [4.78, 5) is 0. The summed E-state index contributed by atoms with van der Waals surface area (Å²) in [5.74, 6) is 0. The van der Waals surface area contributed by atoms with Crippen molar-refractivity contribution in [3.05, 3.63) is 0 Å². The largest absolute Gasteiger partial charge is 0.290 e. The van der Waals surface area contributed by atoms with Crippen LogP contribution in [0.4, 0.5) is 0 Å². The lowest BCUT2D eigenvalue weighted by Gasteiger charge is -2.08. The molecule has 3 heteroatoms. The summed E-state index contributed by atoms with van der Waals surface area (Å²) in [6.45, 7) is 4.72. The van der Waals surface area contributed by atoms with Crippen LogP contribution < -0.4 is 0 Å². The van der Waals surface area contributed by atoms with Crippen molar-refractivity contribution in [2.75, 3.05) is 6.54 Å². The lowest BCUT2D eigenvalue weighted by Crippen LogP contribution is -2.14. The van der Waals surface area contributed by atoms with Crippen LogP contribution in [0, 0.1) is 5.41 Å². The molecule has 0 rings (SSSR count). The zero-order chi connectivity index (χ0) is 7.11. The maximum Gasteiger partial charge on any atom is 0.103 e. The second-order valence-corrected chi connectivity index (χ2v) is 1.67. The first-order valence-corrected chi connectivity index (χ1v) is 3.11. The molecule has 0 amide bonds. The number of hydrazone groups is 1. The van der Waals surface area contributed by atoms with E-state index in [-0.39, 0.29) is 0 Å². The highest BCUT2D eigenvalue weighted by molar-refractivity contribution is 5.57. The van der Waals surface area contributed by atoms with Gasteiger partial charge in [0.2, 0.25) is 0 Å². The molecule has 0 saturated carbocycles. The lowest BCUT2D eigenvalue weighted by molar-refractivity contribution is 0.456. The Balaban J connectivity index is 3.53. The molecule has 0 saturated heterocycles. The van der Waals surface area contributed by atoms with Crippen molar-refractivity contribution in [2.24, 2.45) is 5.10 Å². The smallest absolute Gasteiger partial charge is 0.103 e. The first kappa shape index (κ1) is 8.14. The van der Waals surface area contributed by atoms with Gasteiger partial charge in [0.15, 0.2) is 0 Å². The van der Waals surface area contributed by atoms with Crippen molar-refractivity contribution >= 4 is 12.6 Å². The third-order valence-corrected chi connectivity index (χ3v) is 0.866. The van der Waals surface area contributed by atoms with Gasteiger partial charge in [-0.15, -0.1) is 0 Å². The van der Waals surface area contributed by atoms with E-state index < -0.39 is 0 Å². The average Bonchev–Trinajstić information content (AvgIpc) is 1.88. The standard InChI is InChI=1S/C6H13N3/c1-3-5-9(6-7)8-4-2/h4,6-7H,3,5H2,1-2H3/b7-6?,8-4-. The van der Waals surface area contributed by atoms with Crippen LogP contribution in [0.3, 0.4) is 0 Å². The van der Waals surface area contributed by atoms with E-state index in [2.05, 4.69) is 12.0 Å². The molecule has 0 aliphatic carbocycles. The Morgan fingerprint density at radius 2 is 2.33 bits per heavy atom. The lowest BCUT2D eigenvalue weighted by atomic mass is 10.5. The monoisotopic (exact) mass is 127 g/mol. The van der Waals surface area contributed by atoms with Crippen LogP contribution in [0.1, 0.15) is 20.3 Å². The molecule has 0 spiro atoms. The van der Waals surface area contributed by atoms with Gasteiger partial charge < -0.3 is 0 Å². The molecule has 0 heterocycles. The van der Waals surface area contributed by atoms with Crippen molar-refractivity contribution in [3.63, 3.8) is 0 Å². The highest BCUT2D eigenvalue weighted by atomic mass is 15.4. The van der Waals surface area contributed by atoms with Crippen LogP contribution in [0.25, 0.3) is 0 Å². The Hall–Kier alpha value is -0.860. The molecule has 52 valence electrons. The molecule has 0 aliphatic rings. The maximum atomic E-state index is 6.85. The fraction of sp³-hybridized carbons (Fsp3) is 0.667. The summed E-state index contributed by atoms with van der Waals surface area (Å²) in [5, 5.41) is 12.3. The summed E-state index contributed by atoms with van der Waals surface area (Å²) < 4.78 is 0. The number of rotatable bonds is 4. The molecule has 0 aromatic heterocycles. The number of hydrogen-bond donors (Lipinski definition) is 1. The van der Waals surface area contributed by atoms with Gasteiger partial charge in [-0.05, 0) is 13.3 Å². The predicted molar refractivity (Wildman–Crippen MR) is 39.9 cm³/mol. The van der Waals surface area contributed by atoms with Crippen LogP contribution in [-0.4, -0.2) is 24.1 Å². The normalized spacial score (nSPS) is 10.0. The molecule has 0 atom stereocenters. The van der Waals surface area contributed by atoms with Gasteiger partial charge in [0, 0.05) is 12.8 Å². The maximum absolute atomic E-state index is 6.85. The fourth-order valence-electron chi connectivity index (χ4n) is 0.533. The Bertz CT molecular complexity index is 98.5. The summed E-state index contributed by atoms with van der Waals surface area (Å²) in [5.41, 5.74) is 0. The van der Waals surface area contributed by atoms with Gasteiger partial charge >= 0.3 is 0 Å².